The third-order valence-corrected chi connectivity index (χ3v) is 16.3. The highest BCUT2D eigenvalue weighted by Crippen LogP contribution is 2.19. The molecule has 0 bridgehead atoms. The highest BCUT2D eigenvalue weighted by Gasteiger charge is 2.19. The Morgan fingerprint density at radius 3 is 0.753 bits per heavy atom. The smallest absolute Gasteiger partial charge is 0.306 e. The highest BCUT2D eigenvalue weighted by molar-refractivity contribution is 5.71. The first kappa shape index (κ1) is 78.4. The van der Waals surface area contributed by atoms with Gasteiger partial charge in [-0.1, -0.05) is 365 Å². The Morgan fingerprint density at radius 1 is 0.259 bits per heavy atom. The second-order valence-corrected chi connectivity index (χ2v) is 24.5. The third-order valence-electron chi connectivity index (χ3n) is 16.3. The number of hydrogen-bond acceptors (Lipinski definition) is 6. The number of carbonyl (C=O) groups excluding carboxylic acids is 3. The van der Waals surface area contributed by atoms with Gasteiger partial charge in [0.2, 0.25) is 0 Å². The maximum absolute atomic E-state index is 12.9. The molecule has 81 heavy (non-hydrogen) atoms. The van der Waals surface area contributed by atoms with Crippen LogP contribution in [-0.4, -0.2) is 37.2 Å². The van der Waals surface area contributed by atoms with Crippen LogP contribution in [0.15, 0.2) is 48.6 Å². The molecule has 0 heterocycles. The molecule has 0 radical (unpaired) electrons. The van der Waals surface area contributed by atoms with E-state index in [2.05, 4.69) is 69.4 Å². The lowest BCUT2D eigenvalue weighted by atomic mass is 10.0. The Labute approximate surface area is 505 Å². The summed E-state index contributed by atoms with van der Waals surface area (Å²) in [6.45, 7) is 6.58. The topological polar surface area (TPSA) is 78.9 Å². The van der Waals surface area contributed by atoms with Gasteiger partial charge in [-0.15, -0.1) is 0 Å². The van der Waals surface area contributed by atoms with Crippen molar-refractivity contribution in [1.82, 2.24) is 0 Å². The van der Waals surface area contributed by atoms with E-state index in [1.165, 1.54) is 270 Å². The van der Waals surface area contributed by atoms with Gasteiger partial charge in [0.05, 0.1) is 0 Å². The van der Waals surface area contributed by atoms with Crippen molar-refractivity contribution in [3.8, 4) is 0 Å². The first-order chi connectivity index (χ1) is 40.0. The summed E-state index contributed by atoms with van der Waals surface area (Å²) in [6.07, 6.45) is 88.8. The van der Waals surface area contributed by atoms with Gasteiger partial charge in [-0.25, -0.2) is 0 Å². The van der Waals surface area contributed by atoms with Crippen LogP contribution in [-0.2, 0) is 28.6 Å². The third kappa shape index (κ3) is 68.0. The van der Waals surface area contributed by atoms with E-state index in [0.717, 1.165) is 83.5 Å². The van der Waals surface area contributed by atoms with Crippen LogP contribution in [0.2, 0.25) is 0 Å². The van der Waals surface area contributed by atoms with Crippen molar-refractivity contribution < 1.29 is 28.6 Å². The summed E-state index contributed by atoms with van der Waals surface area (Å²) in [5.41, 5.74) is 0. The first-order valence-corrected chi connectivity index (χ1v) is 36.1. The standard InChI is InChI=1S/C75H138O6/c1-4-7-10-13-16-19-21-23-25-27-29-31-33-35-36-37-38-40-41-43-45-47-49-51-53-56-59-62-65-68-74(77)80-71-72(70-79-73(76)67-64-61-58-55-18-15-12-9-6-3)81-75(78)69-66-63-60-57-54-52-50-48-46-44-42-39-34-32-30-28-26-24-22-20-17-14-11-8-5-2/h7,10,16,19,23,25,29,31,72H,4-6,8-9,11-15,17-18,20-22,24,26-28,30,32-71H2,1-3H3/b10-7-,19-16-,25-23-,31-29-. The molecule has 0 N–H and O–H groups in total. The molecule has 0 amide bonds. The van der Waals surface area contributed by atoms with Crippen molar-refractivity contribution in [3.05, 3.63) is 48.6 Å². The number of carbonyl (C=O) groups is 3. The normalized spacial score (nSPS) is 12.3. The second-order valence-electron chi connectivity index (χ2n) is 24.5. The molecule has 6 nitrogen and oxygen atoms in total. The van der Waals surface area contributed by atoms with Crippen LogP contribution in [0, 0.1) is 0 Å². The number of rotatable bonds is 67. The summed E-state index contributed by atoms with van der Waals surface area (Å²) in [6, 6.07) is 0. The molecule has 1 unspecified atom stereocenters. The Bertz CT molecular complexity index is 1400. The van der Waals surface area contributed by atoms with E-state index in [0.29, 0.717) is 19.3 Å². The van der Waals surface area contributed by atoms with Crippen LogP contribution in [0.4, 0.5) is 0 Å². The quantitative estimate of drug-likeness (QED) is 0.0261. The lowest BCUT2D eigenvalue weighted by Gasteiger charge is -2.18. The van der Waals surface area contributed by atoms with Gasteiger partial charge in [0.25, 0.3) is 0 Å². The van der Waals surface area contributed by atoms with Crippen LogP contribution < -0.4 is 0 Å². The molecule has 0 aliphatic heterocycles. The number of hydrogen-bond donors (Lipinski definition) is 0. The van der Waals surface area contributed by atoms with E-state index in [9.17, 15) is 14.4 Å². The molecule has 0 aromatic rings. The van der Waals surface area contributed by atoms with Crippen LogP contribution in [0.5, 0.6) is 0 Å². The Balaban J connectivity index is 4.08. The number of ether oxygens (including phenoxy) is 3. The summed E-state index contributed by atoms with van der Waals surface area (Å²) < 4.78 is 17.0. The minimum Gasteiger partial charge on any atom is -0.462 e. The SMILES string of the molecule is CC/C=C\C/C=C\C/C=C\C/C=C\CCCCCCCCCCCCCCCCCCC(=O)OCC(COC(=O)CCCCCCCCCCC)OC(=O)CCCCCCCCCCCCCCCCCCCCCCCCCCC. The molecule has 0 fully saturated rings. The van der Waals surface area contributed by atoms with Gasteiger partial charge >= 0.3 is 17.9 Å². The van der Waals surface area contributed by atoms with E-state index >= 15 is 0 Å². The summed E-state index contributed by atoms with van der Waals surface area (Å²) in [4.78, 5) is 38.3. The van der Waals surface area contributed by atoms with Crippen molar-refractivity contribution in [2.75, 3.05) is 13.2 Å². The fourth-order valence-corrected chi connectivity index (χ4v) is 11.0. The van der Waals surface area contributed by atoms with Gasteiger partial charge in [0.15, 0.2) is 6.10 Å². The number of unbranched alkanes of at least 4 members (excludes halogenated alkanes) is 48. The van der Waals surface area contributed by atoms with Crippen molar-refractivity contribution in [1.29, 1.82) is 0 Å². The molecule has 0 aliphatic carbocycles. The van der Waals surface area contributed by atoms with Crippen LogP contribution in [0.25, 0.3) is 0 Å². The van der Waals surface area contributed by atoms with Gasteiger partial charge in [-0.2, -0.15) is 0 Å². The summed E-state index contributed by atoms with van der Waals surface area (Å²) in [5.74, 6) is -0.840. The van der Waals surface area contributed by atoms with Gasteiger partial charge in [0, 0.05) is 19.3 Å². The first-order valence-electron chi connectivity index (χ1n) is 36.1. The molecule has 0 saturated heterocycles. The largest absolute Gasteiger partial charge is 0.462 e. The molecule has 474 valence electrons. The minimum atomic E-state index is -0.768. The fourth-order valence-electron chi connectivity index (χ4n) is 11.0. The molecule has 0 spiro atoms. The van der Waals surface area contributed by atoms with E-state index in [4.69, 9.17) is 14.2 Å². The van der Waals surface area contributed by atoms with E-state index < -0.39 is 6.10 Å². The predicted octanol–water partition coefficient (Wildman–Crippen LogP) is 24.9. The Kier molecular flexibility index (Phi) is 67.6. The van der Waals surface area contributed by atoms with E-state index in [1.54, 1.807) is 0 Å². The molecule has 0 saturated carbocycles. The van der Waals surface area contributed by atoms with Crippen molar-refractivity contribution in [3.63, 3.8) is 0 Å². The van der Waals surface area contributed by atoms with Gasteiger partial charge < -0.3 is 14.2 Å². The highest BCUT2D eigenvalue weighted by atomic mass is 16.6. The van der Waals surface area contributed by atoms with Gasteiger partial charge in [0.1, 0.15) is 13.2 Å². The van der Waals surface area contributed by atoms with Crippen molar-refractivity contribution in [2.45, 2.75) is 399 Å². The maximum atomic E-state index is 12.9. The molecule has 6 heteroatoms. The van der Waals surface area contributed by atoms with Crippen molar-refractivity contribution in [2.24, 2.45) is 0 Å². The van der Waals surface area contributed by atoms with Crippen LogP contribution in [0.3, 0.4) is 0 Å². The molecular formula is C75H138O6. The lowest BCUT2D eigenvalue weighted by molar-refractivity contribution is -0.167. The predicted molar refractivity (Wildman–Crippen MR) is 353 cm³/mol. The van der Waals surface area contributed by atoms with Crippen LogP contribution in [0.1, 0.15) is 393 Å². The number of esters is 3. The van der Waals surface area contributed by atoms with Gasteiger partial charge in [-0.05, 0) is 57.8 Å². The Morgan fingerprint density at radius 2 is 0.481 bits per heavy atom. The maximum Gasteiger partial charge on any atom is 0.306 e. The zero-order valence-electron chi connectivity index (χ0n) is 54.6. The van der Waals surface area contributed by atoms with Crippen LogP contribution >= 0.6 is 0 Å². The number of allylic oxidation sites excluding steroid dienone is 8. The van der Waals surface area contributed by atoms with Crippen molar-refractivity contribution >= 4 is 17.9 Å². The monoisotopic (exact) mass is 1140 g/mol. The molecule has 0 rings (SSSR count). The Hall–Kier alpha value is -2.63. The zero-order chi connectivity index (χ0) is 58.5. The zero-order valence-corrected chi connectivity index (χ0v) is 54.6. The fraction of sp³-hybridized carbons (Fsp3) is 0.853. The summed E-state index contributed by atoms with van der Waals surface area (Å²) in [7, 11) is 0. The van der Waals surface area contributed by atoms with Gasteiger partial charge in [-0.3, -0.25) is 14.4 Å². The molecule has 0 aromatic heterocycles. The average Bonchev–Trinajstić information content (AvgIpc) is 3.47. The summed E-state index contributed by atoms with van der Waals surface area (Å²) in [5, 5.41) is 0. The summed E-state index contributed by atoms with van der Waals surface area (Å²) >= 11 is 0. The average molecular weight is 1140 g/mol. The van der Waals surface area contributed by atoms with E-state index in [-0.39, 0.29) is 31.1 Å². The lowest BCUT2D eigenvalue weighted by Crippen LogP contribution is -2.30. The molecule has 1 atom stereocenters. The minimum absolute atomic E-state index is 0.0661. The second kappa shape index (κ2) is 69.9. The molecular weight excluding hydrogens is 997 g/mol. The molecule has 0 aliphatic rings. The van der Waals surface area contributed by atoms with E-state index in [1.807, 2.05) is 0 Å². The molecule has 0 aromatic carbocycles.